The fourth-order valence-electron chi connectivity index (χ4n) is 2.29. The van der Waals surface area contributed by atoms with Crippen molar-refractivity contribution in [2.45, 2.75) is 25.2 Å². The van der Waals surface area contributed by atoms with Gasteiger partial charge in [0.15, 0.2) is 0 Å². The third-order valence-electron chi connectivity index (χ3n) is 3.75. The van der Waals surface area contributed by atoms with Gasteiger partial charge >= 0.3 is 0 Å². The molecular formula is C14H20ClN3O4S. The molecule has 0 unspecified atom stereocenters. The quantitative estimate of drug-likeness (QED) is 0.473. The van der Waals surface area contributed by atoms with Gasteiger partial charge in [0, 0.05) is 25.2 Å². The Hall–Kier alpha value is -1.48. The van der Waals surface area contributed by atoms with Crippen molar-refractivity contribution >= 4 is 28.1 Å². The predicted molar refractivity (Wildman–Crippen MR) is 90.6 cm³/mol. The molecule has 0 aromatic heterocycles. The van der Waals surface area contributed by atoms with E-state index >= 15 is 0 Å². The van der Waals surface area contributed by atoms with Crippen LogP contribution in [0.1, 0.15) is 17.5 Å². The Kier molecular flexibility index (Phi) is 6.69. The average molecular weight is 362 g/mol. The first-order chi connectivity index (χ1) is 10.3. The Morgan fingerprint density at radius 1 is 1.35 bits per heavy atom. The van der Waals surface area contributed by atoms with Crippen LogP contribution in [0.3, 0.4) is 0 Å². The minimum absolute atomic E-state index is 0. The lowest BCUT2D eigenvalue weighted by atomic mass is 10.1. The Labute approximate surface area is 141 Å². The number of nitrogens with zero attached hydrogens (tertiary/aromatic N) is 1. The largest absolute Gasteiger partial charge is 0.313 e. The van der Waals surface area contributed by atoms with E-state index in [0.717, 1.165) is 31.1 Å². The summed E-state index contributed by atoms with van der Waals surface area (Å²) in [4.78, 5) is 10.3. The Balaban J connectivity index is 0.00000264. The van der Waals surface area contributed by atoms with Crippen LogP contribution < -0.4 is 10.0 Å². The van der Waals surface area contributed by atoms with E-state index in [1.54, 1.807) is 13.8 Å². The topological polar surface area (TPSA) is 101 Å². The average Bonchev–Trinajstić information content (AvgIpc) is 2.48. The summed E-state index contributed by atoms with van der Waals surface area (Å²) in [5, 5.41) is 14.1. The van der Waals surface area contributed by atoms with Crippen LogP contribution in [0, 0.1) is 24.0 Å². The van der Waals surface area contributed by atoms with E-state index in [1.807, 2.05) is 6.08 Å². The van der Waals surface area contributed by atoms with E-state index in [9.17, 15) is 18.5 Å². The normalized spacial score (nSPS) is 14.8. The minimum atomic E-state index is -3.78. The predicted octanol–water partition coefficient (Wildman–Crippen LogP) is 1.83. The molecule has 2 rings (SSSR count). The first kappa shape index (κ1) is 19.6. The number of benzene rings is 1. The molecule has 1 heterocycles. The number of nitro benzene ring substituents is 1. The standard InChI is InChI=1S/C14H19N3O4S.ClH/c1-10-7-13(17(18)19)8-14(11(10)2)22(20,21)16-9-12-3-5-15-6-4-12;/h3,7-8,15-16H,4-6,9H2,1-2H3;1H. The highest BCUT2D eigenvalue weighted by Crippen LogP contribution is 2.25. The van der Waals surface area contributed by atoms with Crippen LogP contribution in [0.15, 0.2) is 28.7 Å². The zero-order valence-electron chi connectivity index (χ0n) is 13.0. The highest BCUT2D eigenvalue weighted by atomic mass is 35.5. The molecule has 0 saturated heterocycles. The van der Waals surface area contributed by atoms with Crippen LogP contribution in [0.25, 0.3) is 0 Å². The van der Waals surface area contributed by atoms with Gasteiger partial charge < -0.3 is 5.32 Å². The summed E-state index contributed by atoms with van der Waals surface area (Å²) < 4.78 is 27.4. The van der Waals surface area contributed by atoms with Gasteiger partial charge in [-0.05, 0) is 37.9 Å². The lowest BCUT2D eigenvalue weighted by Crippen LogP contribution is -2.30. The minimum Gasteiger partial charge on any atom is -0.313 e. The molecule has 128 valence electrons. The highest BCUT2D eigenvalue weighted by Gasteiger charge is 2.22. The van der Waals surface area contributed by atoms with Crippen molar-refractivity contribution in [1.29, 1.82) is 0 Å². The van der Waals surface area contributed by atoms with Crippen molar-refractivity contribution < 1.29 is 13.3 Å². The molecule has 0 radical (unpaired) electrons. The van der Waals surface area contributed by atoms with Crippen LogP contribution in [-0.4, -0.2) is 33.0 Å². The molecule has 0 bridgehead atoms. The second-order valence-electron chi connectivity index (χ2n) is 5.28. The van der Waals surface area contributed by atoms with E-state index in [-0.39, 0.29) is 29.5 Å². The lowest BCUT2D eigenvalue weighted by molar-refractivity contribution is -0.385. The molecule has 1 aliphatic heterocycles. The van der Waals surface area contributed by atoms with Crippen molar-refractivity contribution in [2.24, 2.45) is 0 Å². The summed E-state index contributed by atoms with van der Waals surface area (Å²) in [5.41, 5.74) is 1.90. The molecule has 9 heteroatoms. The summed E-state index contributed by atoms with van der Waals surface area (Å²) in [6.07, 6.45) is 2.74. The Morgan fingerprint density at radius 2 is 2.04 bits per heavy atom. The fraction of sp³-hybridized carbons (Fsp3) is 0.429. The second kappa shape index (κ2) is 7.87. The van der Waals surface area contributed by atoms with Crippen molar-refractivity contribution in [2.75, 3.05) is 19.6 Å². The molecule has 1 aliphatic rings. The molecule has 0 atom stereocenters. The van der Waals surface area contributed by atoms with Crippen LogP contribution in [0.4, 0.5) is 5.69 Å². The van der Waals surface area contributed by atoms with Crippen molar-refractivity contribution in [3.05, 3.63) is 45.0 Å². The summed E-state index contributed by atoms with van der Waals surface area (Å²) in [5.74, 6) is 0. The van der Waals surface area contributed by atoms with Crippen LogP contribution in [0.5, 0.6) is 0 Å². The van der Waals surface area contributed by atoms with Gasteiger partial charge in [-0.3, -0.25) is 10.1 Å². The van der Waals surface area contributed by atoms with Crippen molar-refractivity contribution in [1.82, 2.24) is 10.0 Å². The van der Waals surface area contributed by atoms with Gasteiger partial charge in [0.25, 0.3) is 5.69 Å². The highest BCUT2D eigenvalue weighted by molar-refractivity contribution is 7.89. The molecule has 0 aliphatic carbocycles. The number of halogens is 1. The number of hydrogen-bond donors (Lipinski definition) is 2. The number of non-ortho nitro benzene ring substituents is 1. The van der Waals surface area contributed by atoms with Gasteiger partial charge in [0.2, 0.25) is 10.0 Å². The molecule has 1 aromatic carbocycles. The van der Waals surface area contributed by atoms with Crippen molar-refractivity contribution in [3.8, 4) is 0 Å². The number of aryl methyl sites for hydroxylation is 1. The molecule has 7 nitrogen and oxygen atoms in total. The summed E-state index contributed by atoms with van der Waals surface area (Å²) >= 11 is 0. The second-order valence-corrected chi connectivity index (χ2v) is 7.02. The molecule has 0 amide bonds. The molecular weight excluding hydrogens is 342 g/mol. The van der Waals surface area contributed by atoms with Gasteiger partial charge in [0.05, 0.1) is 9.82 Å². The maximum Gasteiger partial charge on any atom is 0.271 e. The number of rotatable bonds is 5. The lowest BCUT2D eigenvalue weighted by Gasteiger charge is -2.16. The number of nitro groups is 1. The maximum absolute atomic E-state index is 12.4. The molecule has 23 heavy (non-hydrogen) atoms. The third kappa shape index (κ3) is 4.74. The fourth-order valence-corrected chi connectivity index (χ4v) is 3.66. The van der Waals surface area contributed by atoms with Gasteiger partial charge in [-0.15, -0.1) is 12.4 Å². The van der Waals surface area contributed by atoms with Crippen LogP contribution in [-0.2, 0) is 10.0 Å². The summed E-state index contributed by atoms with van der Waals surface area (Å²) in [7, 11) is -3.78. The van der Waals surface area contributed by atoms with Gasteiger partial charge in [-0.1, -0.05) is 11.6 Å². The molecule has 0 saturated carbocycles. The van der Waals surface area contributed by atoms with E-state index in [4.69, 9.17) is 0 Å². The maximum atomic E-state index is 12.4. The van der Waals surface area contributed by atoms with E-state index < -0.39 is 14.9 Å². The zero-order valence-corrected chi connectivity index (χ0v) is 14.6. The molecule has 1 aromatic rings. The van der Waals surface area contributed by atoms with E-state index in [1.165, 1.54) is 6.07 Å². The number of sulfonamides is 1. The smallest absolute Gasteiger partial charge is 0.271 e. The van der Waals surface area contributed by atoms with E-state index in [0.29, 0.717) is 11.1 Å². The molecule has 2 N–H and O–H groups in total. The van der Waals surface area contributed by atoms with Crippen LogP contribution >= 0.6 is 12.4 Å². The van der Waals surface area contributed by atoms with Gasteiger partial charge in [-0.25, -0.2) is 13.1 Å². The monoisotopic (exact) mass is 361 g/mol. The SMILES string of the molecule is Cc1cc([N+](=O)[O-])cc(S(=O)(=O)NCC2=CCNCC2)c1C.Cl. The van der Waals surface area contributed by atoms with Gasteiger partial charge in [0.1, 0.15) is 0 Å². The zero-order chi connectivity index (χ0) is 16.3. The summed E-state index contributed by atoms with van der Waals surface area (Å²) in [6.45, 7) is 5.09. The Bertz CT molecular complexity index is 732. The van der Waals surface area contributed by atoms with Crippen molar-refractivity contribution in [3.63, 3.8) is 0 Å². The van der Waals surface area contributed by atoms with Gasteiger partial charge in [-0.2, -0.15) is 0 Å². The Morgan fingerprint density at radius 3 is 2.61 bits per heavy atom. The first-order valence-corrected chi connectivity index (χ1v) is 8.43. The third-order valence-corrected chi connectivity index (χ3v) is 5.28. The first-order valence-electron chi connectivity index (χ1n) is 6.95. The molecule has 0 spiro atoms. The molecule has 0 fully saturated rings. The number of hydrogen-bond acceptors (Lipinski definition) is 5. The number of nitrogens with one attached hydrogen (secondary N) is 2. The van der Waals surface area contributed by atoms with Crippen LogP contribution in [0.2, 0.25) is 0 Å². The van der Waals surface area contributed by atoms with E-state index in [2.05, 4.69) is 10.0 Å². The summed E-state index contributed by atoms with van der Waals surface area (Å²) in [6, 6.07) is 2.49.